The summed E-state index contributed by atoms with van der Waals surface area (Å²) in [5, 5.41) is 4.64. The highest BCUT2D eigenvalue weighted by Gasteiger charge is 2.05. The Labute approximate surface area is 166 Å². The zero-order chi connectivity index (χ0) is 19.6. The largest absolute Gasteiger partial charge is 0.485 e. The van der Waals surface area contributed by atoms with E-state index in [1.165, 1.54) is 12.4 Å². The molecule has 0 aliphatic rings. The van der Waals surface area contributed by atoms with Gasteiger partial charge < -0.3 is 4.74 Å². The average Bonchev–Trinajstić information content (AvgIpc) is 2.74. The van der Waals surface area contributed by atoms with E-state index >= 15 is 0 Å². The van der Waals surface area contributed by atoms with Crippen LogP contribution in [0.25, 0.3) is 0 Å². The first-order chi connectivity index (χ1) is 13.7. The van der Waals surface area contributed by atoms with Gasteiger partial charge in [0.1, 0.15) is 12.4 Å². The Kier molecular flexibility index (Phi) is 6.81. The van der Waals surface area contributed by atoms with Crippen molar-refractivity contribution in [1.82, 2.24) is 15.4 Å². The maximum atomic E-state index is 12.2. The monoisotopic (exact) mass is 393 g/mol. The van der Waals surface area contributed by atoms with Gasteiger partial charge in [0.05, 0.1) is 0 Å². The molecule has 1 N–H and O–H groups in total. The molecule has 0 unspecified atom stereocenters. The molecule has 0 bridgehead atoms. The number of carbonyl (C=O) groups is 1. The predicted octanol–water partition coefficient (Wildman–Crippen LogP) is 3.37. The van der Waals surface area contributed by atoms with E-state index in [2.05, 4.69) is 25.5 Å². The van der Waals surface area contributed by atoms with Crippen LogP contribution in [0.3, 0.4) is 0 Å². The van der Waals surface area contributed by atoms with Crippen LogP contribution in [-0.4, -0.2) is 34.5 Å². The van der Waals surface area contributed by atoms with Crippen LogP contribution >= 0.6 is 11.6 Å². The van der Waals surface area contributed by atoms with Gasteiger partial charge in [0.15, 0.2) is 5.84 Å². The van der Waals surface area contributed by atoms with E-state index in [4.69, 9.17) is 16.3 Å². The van der Waals surface area contributed by atoms with Gasteiger partial charge in [0.25, 0.3) is 5.91 Å². The molecule has 2 aromatic heterocycles. The second-order valence-electron chi connectivity index (χ2n) is 5.49. The molecule has 3 rings (SSSR count). The Morgan fingerprint density at radius 2 is 1.79 bits per heavy atom. The third-order valence-corrected chi connectivity index (χ3v) is 3.70. The number of hydrogen-bond donors (Lipinski definition) is 1. The molecule has 0 aliphatic heterocycles. The summed E-state index contributed by atoms with van der Waals surface area (Å²) in [6.07, 6.45) is 7.99. The van der Waals surface area contributed by atoms with Crippen molar-refractivity contribution in [3.8, 4) is 5.75 Å². The highest BCUT2D eigenvalue weighted by molar-refractivity contribution is 6.30. The summed E-state index contributed by atoms with van der Waals surface area (Å²) in [6, 6.07) is 13.8. The number of rotatable bonds is 6. The molecule has 7 nitrogen and oxygen atoms in total. The Balaban J connectivity index is 1.73. The van der Waals surface area contributed by atoms with E-state index in [0.29, 0.717) is 16.3 Å². The van der Waals surface area contributed by atoms with Gasteiger partial charge in [-0.1, -0.05) is 17.7 Å². The quantitative estimate of drug-likeness (QED) is 0.395. The summed E-state index contributed by atoms with van der Waals surface area (Å²) in [6.45, 7) is 0.0402. The minimum atomic E-state index is -0.373. The molecule has 0 aliphatic carbocycles. The number of amidine groups is 1. The highest BCUT2D eigenvalue weighted by Crippen LogP contribution is 2.17. The van der Waals surface area contributed by atoms with Crippen molar-refractivity contribution in [3.63, 3.8) is 0 Å². The number of nitrogens with zero attached hydrogens (tertiary/aromatic N) is 4. The van der Waals surface area contributed by atoms with Crippen molar-refractivity contribution < 1.29 is 9.53 Å². The lowest BCUT2D eigenvalue weighted by Gasteiger charge is -2.07. The van der Waals surface area contributed by atoms with Crippen LogP contribution in [-0.2, 0) is 0 Å². The van der Waals surface area contributed by atoms with Crippen molar-refractivity contribution in [2.45, 2.75) is 0 Å². The molecule has 0 saturated heterocycles. The second-order valence-corrected chi connectivity index (χ2v) is 5.93. The van der Waals surface area contributed by atoms with Crippen LogP contribution in [0.1, 0.15) is 15.9 Å². The molecule has 0 atom stereocenters. The minimum Gasteiger partial charge on any atom is -0.485 e. The maximum absolute atomic E-state index is 12.2. The van der Waals surface area contributed by atoms with Crippen molar-refractivity contribution >= 4 is 29.6 Å². The number of ether oxygens (including phenoxy) is 1. The van der Waals surface area contributed by atoms with Crippen LogP contribution < -0.4 is 10.2 Å². The normalized spacial score (nSPS) is 11.4. The predicted molar refractivity (Wildman–Crippen MR) is 108 cm³/mol. The van der Waals surface area contributed by atoms with Crippen LogP contribution in [0, 0.1) is 0 Å². The first kappa shape index (κ1) is 19.2. The van der Waals surface area contributed by atoms with Gasteiger partial charge in [-0.25, -0.2) is 10.4 Å². The smallest absolute Gasteiger partial charge is 0.271 e. The van der Waals surface area contributed by atoms with Crippen molar-refractivity contribution in [1.29, 1.82) is 0 Å². The summed E-state index contributed by atoms with van der Waals surface area (Å²) >= 11 is 5.96. The second kappa shape index (κ2) is 9.94. The molecule has 1 aromatic carbocycles. The van der Waals surface area contributed by atoms with Crippen molar-refractivity contribution in [3.05, 3.63) is 89.5 Å². The molecule has 28 heavy (non-hydrogen) atoms. The summed E-state index contributed by atoms with van der Waals surface area (Å²) in [7, 11) is 0. The molecule has 0 radical (unpaired) electrons. The highest BCUT2D eigenvalue weighted by atomic mass is 35.5. The lowest BCUT2D eigenvalue weighted by molar-refractivity contribution is 0.0954. The van der Waals surface area contributed by atoms with Gasteiger partial charge in [-0.05, 0) is 48.0 Å². The van der Waals surface area contributed by atoms with E-state index in [9.17, 15) is 4.79 Å². The molecular weight excluding hydrogens is 378 g/mol. The van der Waals surface area contributed by atoms with E-state index < -0.39 is 0 Å². The van der Waals surface area contributed by atoms with E-state index in [0.717, 1.165) is 5.56 Å². The van der Waals surface area contributed by atoms with Gasteiger partial charge in [0.2, 0.25) is 0 Å². The lowest BCUT2D eigenvalue weighted by Crippen LogP contribution is -2.21. The topological polar surface area (TPSA) is 88.8 Å². The number of carbonyl (C=O) groups excluding carboxylic acids is 1. The van der Waals surface area contributed by atoms with Gasteiger partial charge >= 0.3 is 0 Å². The molecule has 3 aromatic rings. The zero-order valence-corrected chi connectivity index (χ0v) is 15.5. The van der Waals surface area contributed by atoms with Crippen LogP contribution in [0.4, 0.5) is 0 Å². The van der Waals surface area contributed by atoms with Gasteiger partial charge in [0, 0.05) is 41.6 Å². The number of pyridine rings is 2. The number of amides is 1. The van der Waals surface area contributed by atoms with Crippen LogP contribution in [0.15, 0.2) is 83.4 Å². The SMILES string of the molecule is O=C(NN=C(COc1cccc(Cl)c1)N=Cc1ccncc1)c1ccncc1. The molecule has 1 amide bonds. The van der Waals surface area contributed by atoms with Crippen LogP contribution in [0.2, 0.25) is 5.02 Å². The third-order valence-electron chi connectivity index (χ3n) is 3.46. The molecule has 140 valence electrons. The summed E-state index contributed by atoms with van der Waals surface area (Å²) in [4.78, 5) is 24.3. The Bertz CT molecular complexity index is 978. The van der Waals surface area contributed by atoms with Gasteiger partial charge in [-0.15, -0.1) is 0 Å². The number of aliphatic imine (C=N–C) groups is 1. The van der Waals surface area contributed by atoms with Crippen molar-refractivity contribution in [2.75, 3.05) is 6.61 Å². The maximum Gasteiger partial charge on any atom is 0.271 e. The van der Waals surface area contributed by atoms with E-state index in [1.807, 2.05) is 0 Å². The molecule has 8 heteroatoms. The van der Waals surface area contributed by atoms with E-state index in [1.54, 1.807) is 67.1 Å². The summed E-state index contributed by atoms with van der Waals surface area (Å²) in [5.41, 5.74) is 3.75. The first-order valence-electron chi connectivity index (χ1n) is 8.30. The third kappa shape index (κ3) is 6.00. The standard InChI is InChI=1S/C20H16ClN5O2/c21-17-2-1-3-18(12-17)28-14-19(24-13-15-4-8-22-9-5-15)25-26-20(27)16-6-10-23-11-7-16/h1-13H,14H2,(H,26,27). The summed E-state index contributed by atoms with van der Waals surface area (Å²) in [5.74, 6) is 0.473. The molecule has 0 fully saturated rings. The van der Waals surface area contributed by atoms with Crippen molar-refractivity contribution in [2.24, 2.45) is 10.1 Å². The Morgan fingerprint density at radius 1 is 1.07 bits per heavy atom. The fraction of sp³-hybridized carbons (Fsp3) is 0.0500. The van der Waals surface area contributed by atoms with Crippen LogP contribution in [0.5, 0.6) is 5.75 Å². The first-order valence-corrected chi connectivity index (χ1v) is 8.68. The number of hydrogen-bond acceptors (Lipinski definition) is 5. The fourth-order valence-electron chi connectivity index (χ4n) is 2.08. The lowest BCUT2D eigenvalue weighted by atomic mass is 10.3. The van der Waals surface area contributed by atoms with Gasteiger partial charge in [-0.3, -0.25) is 14.8 Å². The Hall–Kier alpha value is -3.58. The number of aromatic nitrogens is 2. The molecular formula is C20H16ClN5O2. The minimum absolute atomic E-state index is 0.0402. The number of benzene rings is 1. The fourth-order valence-corrected chi connectivity index (χ4v) is 2.27. The summed E-state index contributed by atoms with van der Waals surface area (Å²) < 4.78 is 5.67. The van der Waals surface area contributed by atoms with Gasteiger partial charge in [-0.2, -0.15) is 5.10 Å². The molecule has 0 saturated carbocycles. The molecule has 0 spiro atoms. The van der Waals surface area contributed by atoms with E-state index in [-0.39, 0.29) is 18.3 Å². The zero-order valence-electron chi connectivity index (χ0n) is 14.7. The molecule has 2 heterocycles. The number of nitrogens with one attached hydrogen (secondary N) is 1. The average molecular weight is 394 g/mol. The number of hydrazone groups is 1. The number of halogens is 1. The Morgan fingerprint density at radius 3 is 2.50 bits per heavy atom.